The van der Waals surface area contributed by atoms with Gasteiger partial charge >= 0.3 is 0 Å². The van der Waals surface area contributed by atoms with Crippen molar-refractivity contribution in [2.45, 2.75) is 4.90 Å². The number of halogens is 3. The highest BCUT2D eigenvalue weighted by Gasteiger charge is 2.13. The van der Waals surface area contributed by atoms with Gasteiger partial charge in [0.05, 0.1) is 14.9 Å². The minimum atomic E-state index is -3.67. The number of nitrogens with one attached hydrogen (secondary N) is 1. The topological polar surface area (TPSA) is 46.2 Å². The van der Waals surface area contributed by atoms with E-state index in [9.17, 15) is 8.42 Å². The van der Waals surface area contributed by atoms with Gasteiger partial charge in [-0.2, -0.15) is 0 Å². The molecule has 13 heavy (non-hydrogen) atoms. The Morgan fingerprint density at radius 1 is 1.15 bits per heavy atom. The fourth-order valence-corrected chi connectivity index (χ4v) is 1.93. The smallest absolute Gasteiger partial charge is 0.206 e. The first-order valence-electron chi connectivity index (χ1n) is 3.05. The monoisotopic (exact) mass is 259 g/mol. The van der Waals surface area contributed by atoms with Gasteiger partial charge in [0.25, 0.3) is 10.0 Å². The van der Waals surface area contributed by atoms with Gasteiger partial charge in [0.15, 0.2) is 0 Å². The van der Waals surface area contributed by atoms with Gasteiger partial charge in [0.2, 0.25) is 0 Å². The lowest BCUT2D eigenvalue weighted by Gasteiger charge is -2.01. The van der Waals surface area contributed by atoms with Crippen LogP contribution in [0.5, 0.6) is 0 Å². The molecule has 0 amide bonds. The molecule has 0 unspecified atom stereocenters. The normalized spacial score (nSPS) is 11.6. The van der Waals surface area contributed by atoms with Crippen molar-refractivity contribution in [1.29, 1.82) is 0 Å². The van der Waals surface area contributed by atoms with Crippen molar-refractivity contribution in [3.8, 4) is 0 Å². The van der Waals surface area contributed by atoms with E-state index in [4.69, 9.17) is 35.0 Å². The van der Waals surface area contributed by atoms with Crippen LogP contribution in [0.3, 0.4) is 0 Å². The fraction of sp³-hybridized carbons (Fsp3) is 0. The zero-order valence-electron chi connectivity index (χ0n) is 6.09. The van der Waals surface area contributed by atoms with Crippen molar-refractivity contribution in [2.24, 2.45) is 0 Å². The van der Waals surface area contributed by atoms with E-state index >= 15 is 0 Å². The Morgan fingerprint density at radius 3 is 2.23 bits per heavy atom. The molecule has 0 atom stereocenters. The van der Waals surface area contributed by atoms with E-state index in [2.05, 4.69) is 0 Å². The van der Waals surface area contributed by atoms with Crippen LogP contribution in [0.2, 0.25) is 10.0 Å². The molecule has 0 bridgehead atoms. The highest BCUT2D eigenvalue weighted by Crippen LogP contribution is 2.24. The van der Waals surface area contributed by atoms with Gasteiger partial charge < -0.3 is 0 Å². The van der Waals surface area contributed by atoms with Gasteiger partial charge in [0.1, 0.15) is 0 Å². The van der Waals surface area contributed by atoms with Crippen LogP contribution in [-0.2, 0) is 10.0 Å². The first-order chi connectivity index (χ1) is 5.97. The highest BCUT2D eigenvalue weighted by molar-refractivity contribution is 7.90. The molecule has 1 aromatic rings. The van der Waals surface area contributed by atoms with Crippen molar-refractivity contribution in [2.75, 3.05) is 0 Å². The van der Waals surface area contributed by atoms with E-state index in [-0.39, 0.29) is 14.9 Å². The van der Waals surface area contributed by atoms with Crippen LogP contribution in [0.15, 0.2) is 23.1 Å². The van der Waals surface area contributed by atoms with Crippen molar-refractivity contribution < 1.29 is 8.42 Å². The molecular weight excluding hydrogens is 256 g/mol. The Bertz CT molecular complexity index is 418. The van der Waals surface area contributed by atoms with Crippen molar-refractivity contribution in [1.82, 2.24) is 4.24 Å². The van der Waals surface area contributed by atoms with Gasteiger partial charge in [-0.1, -0.05) is 23.2 Å². The Balaban J connectivity index is 3.27. The Hall–Kier alpha value is -0.000000000000000111. The van der Waals surface area contributed by atoms with E-state index in [1.807, 2.05) is 0 Å². The van der Waals surface area contributed by atoms with Crippen LogP contribution in [-0.4, -0.2) is 8.42 Å². The largest absolute Gasteiger partial charge is 0.253 e. The molecule has 0 saturated carbocycles. The molecule has 0 heterocycles. The quantitative estimate of drug-likeness (QED) is 0.830. The molecule has 7 heteroatoms. The van der Waals surface area contributed by atoms with E-state index in [1.165, 1.54) is 18.2 Å². The second kappa shape index (κ2) is 4.02. The van der Waals surface area contributed by atoms with Crippen LogP contribution in [0.1, 0.15) is 0 Å². The molecule has 0 aliphatic carbocycles. The molecule has 72 valence electrons. The van der Waals surface area contributed by atoms with Crippen molar-refractivity contribution in [3.05, 3.63) is 28.2 Å². The summed E-state index contributed by atoms with van der Waals surface area (Å²) in [5.74, 6) is 0. The molecule has 0 fully saturated rings. The lowest BCUT2D eigenvalue weighted by atomic mass is 10.4. The molecular formula is C6H4Cl3NO2S. The maximum absolute atomic E-state index is 11.1. The van der Waals surface area contributed by atoms with E-state index in [0.717, 1.165) is 0 Å². The highest BCUT2D eigenvalue weighted by atomic mass is 35.5. The summed E-state index contributed by atoms with van der Waals surface area (Å²) in [6.07, 6.45) is 0. The first-order valence-corrected chi connectivity index (χ1v) is 5.66. The van der Waals surface area contributed by atoms with Gasteiger partial charge in [0, 0.05) is 0 Å². The lowest BCUT2D eigenvalue weighted by molar-refractivity contribution is 0.594. The zero-order chi connectivity index (χ0) is 10.1. The number of rotatable bonds is 2. The van der Waals surface area contributed by atoms with E-state index in [1.54, 1.807) is 4.24 Å². The van der Waals surface area contributed by atoms with Gasteiger partial charge in [-0.25, -0.2) is 8.42 Å². The molecule has 1 rings (SSSR count). The molecule has 1 aromatic carbocycles. The molecule has 0 radical (unpaired) electrons. The SMILES string of the molecule is O=S(=O)(NCl)c1ccc(Cl)c(Cl)c1. The number of hydrogen-bond acceptors (Lipinski definition) is 2. The maximum atomic E-state index is 11.1. The predicted molar refractivity (Wildman–Crippen MR) is 52.6 cm³/mol. The number of benzene rings is 1. The Kier molecular flexibility index (Phi) is 3.43. The van der Waals surface area contributed by atoms with Crippen LogP contribution >= 0.6 is 35.0 Å². The summed E-state index contributed by atoms with van der Waals surface area (Å²) in [7, 11) is -3.67. The third-order valence-electron chi connectivity index (χ3n) is 1.30. The van der Waals surface area contributed by atoms with Crippen molar-refractivity contribution in [3.63, 3.8) is 0 Å². The average molecular weight is 261 g/mol. The van der Waals surface area contributed by atoms with Crippen molar-refractivity contribution >= 4 is 45.0 Å². The van der Waals surface area contributed by atoms with Crippen LogP contribution < -0.4 is 4.24 Å². The lowest BCUT2D eigenvalue weighted by Crippen LogP contribution is -2.13. The second-order valence-electron chi connectivity index (χ2n) is 2.16. The molecule has 0 aliphatic heterocycles. The summed E-state index contributed by atoms with van der Waals surface area (Å²) in [6.45, 7) is 0. The Morgan fingerprint density at radius 2 is 1.77 bits per heavy atom. The van der Waals surface area contributed by atoms with Gasteiger partial charge in [-0.3, -0.25) is 0 Å². The predicted octanol–water partition coefficient (Wildman–Crippen LogP) is 2.43. The summed E-state index contributed by atoms with van der Waals surface area (Å²) >= 11 is 16.2. The minimum absolute atomic E-state index is 0.0306. The fourth-order valence-electron chi connectivity index (χ4n) is 0.689. The van der Waals surface area contributed by atoms with Crippen LogP contribution in [0.25, 0.3) is 0 Å². The Labute approximate surface area is 90.8 Å². The van der Waals surface area contributed by atoms with Gasteiger partial charge in [-0.05, 0) is 30.0 Å². The third-order valence-corrected chi connectivity index (χ3v) is 3.73. The standard InChI is InChI=1S/C6H4Cl3NO2S/c7-5-2-1-4(3-6(5)8)13(11,12)10-9/h1-3,10H. The zero-order valence-corrected chi connectivity index (χ0v) is 9.17. The van der Waals surface area contributed by atoms with Crippen LogP contribution in [0, 0.1) is 0 Å². The molecule has 0 aromatic heterocycles. The van der Waals surface area contributed by atoms with Crippen LogP contribution in [0.4, 0.5) is 0 Å². The van der Waals surface area contributed by atoms with E-state index in [0.29, 0.717) is 0 Å². The molecule has 0 spiro atoms. The summed E-state index contributed by atoms with van der Waals surface area (Å²) in [5, 5.41) is 0.449. The summed E-state index contributed by atoms with van der Waals surface area (Å²) in [5.41, 5.74) is 0. The number of sulfonamides is 1. The first kappa shape index (κ1) is 11.1. The second-order valence-corrected chi connectivity index (χ2v) is 5.07. The minimum Gasteiger partial charge on any atom is -0.206 e. The maximum Gasteiger partial charge on any atom is 0.253 e. The molecule has 0 saturated heterocycles. The van der Waals surface area contributed by atoms with E-state index < -0.39 is 10.0 Å². The van der Waals surface area contributed by atoms with Gasteiger partial charge in [-0.15, -0.1) is 4.24 Å². The molecule has 0 aliphatic rings. The summed E-state index contributed by atoms with van der Waals surface area (Å²) < 4.78 is 23.9. The average Bonchev–Trinajstić information content (AvgIpc) is 2.09. The summed E-state index contributed by atoms with van der Waals surface area (Å²) in [6, 6.07) is 3.90. The molecule has 1 N–H and O–H groups in total. The number of hydrogen-bond donors (Lipinski definition) is 1. The summed E-state index contributed by atoms with van der Waals surface area (Å²) in [4.78, 5) is -0.0306. The third kappa shape index (κ3) is 2.48. The molecule has 3 nitrogen and oxygen atoms in total.